The van der Waals surface area contributed by atoms with Crippen molar-refractivity contribution in [2.75, 3.05) is 24.9 Å². The van der Waals surface area contributed by atoms with Crippen LogP contribution in [0.3, 0.4) is 0 Å². The first-order valence-electron chi connectivity index (χ1n) is 9.27. The minimum Gasteiger partial charge on any atom is -0.464 e. The Morgan fingerprint density at radius 3 is 1.41 bits per heavy atom. The van der Waals surface area contributed by atoms with Gasteiger partial charge in [-0.25, -0.2) is 19.2 Å². The van der Waals surface area contributed by atoms with Gasteiger partial charge in [-0.3, -0.25) is 0 Å². The highest BCUT2D eigenvalue weighted by atomic mass is 16.5. The third kappa shape index (κ3) is 3.96. The van der Waals surface area contributed by atoms with E-state index in [2.05, 4.69) is 30.6 Å². The predicted octanol–water partition coefficient (Wildman–Crippen LogP) is 1.11. The largest absolute Gasteiger partial charge is 0.464 e. The molecule has 4 rings (SSSR count). The second kappa shape index (κ2) is 8.18. The number of hydrogen-bond donors (Lipinski definition) is 6. The summed E-state index contributed by atoms with van der Waals surface area (Å²) in [4.78, 5) is 58.6. The lowest BCUT2D eigenvalue weighted by Crippen LogP contribution is -2.24. The van der Waals surface area contributed by atoms with E-state index >= 15 is 0 Å². The number of aromatic amines is 4. The lowest BCUT2D eigenvalue weighted by atomic mass is 10.2. The van der Waals surface area contributed by atoms with Gasteiger partial charge in [0.25, 0.3) is 0 Å². The number of imidazole rings is 2. The van der Waals surface area contributed by atoms with Gasteiger partial charge in [-0.1, -0.05) is 0 Å². The van der Waals surface area contributed by atoms with E-state index in [9.17, 15) is 19.2 Å². The molecule has 32 heavy (non-hydrogen) atoms. The van der Waals surface area contributed by atoms with Crippen LogP contribution in [0.4, 0.5) is 11.4 Å². The summed E-state index contributed by atoms with van der Waals surface area (Å²) in [5, 5.41) is 5.70. The van der Waals surface area contributed by atoms with Gasteiger partial charge >= 0.3 is 23.3 Å². The van der Waals surface area contributed by atoms with Crippen LogP contribution in [-0.2, 0) is 19.1 Å². The van der Waals surface area contributed by atoms with Gasteiger partial charge in [-0.05, 0) is 36.4 Å². The number of carbonyl (C=O) groups is 2. The van der Waals surface area contributed by atoms with E-state index in [4.69, 9.17) is 9.47 Å². The molecule has 2 aromatic heterocycles. The predicted molar refractivity (Wildman–Crippen MR) is 116 cm³/mol. The second-order valence-electron chi connectivity index (χ2n) is 6.66. The monoisotopic (exact) mass is 438 g/mol. The van der Waals surface area contributed by atoms with Crippen molar-refractivity contribution < 1.29 is 19.1 Å². The molecule has 0 atom stereocenters. The summed E-state index contributed by atoms with van der Waals surface area (Å²) in [5.74, 6) is -1.67. The van der Waals surface area contributed by atoms with Crippen LogP contribution in [0.1, 0.15) is 0 Å². The molecule has 2 heterocycles. The summed E-state index contributed by atoms with van der Waals surface area (Å²) in [5.41, 5.74) is 1.75. The van der Waals surface area contributed by atoms with E-state index < -0.39 is 11.9 Å². The molecule has 0 bridgehead atoms. The van der Waals surface area contributed by atoms with Crippen molar-refractivity contribution in [3.63, 3.8) is 0 Å². The molecule has 12 nitrogen and oxygen atoms in total. The summed E-state index contributed by atoms with van der Waals surface area (Å²) in [6.07, 6.45) is 0. The summed E-state index contributed by atoms with van der Waals surface area (Å²) >= 11 is 0. The first kappa shape index (κ1) is 20.5. The normalized spacial score (nSPS) is 11.8. The molecule has 0 fully saturated rings. The second-order valence-corrected chi connectivity index (χ2v) is 6.66. The molecule has 164 valence electrons. The number of aromatic nitrogens is 4. The average Bonchev–Trinajstić information content (AvgIpc) is 3.34. The molecule has 2 aromatic carbocycles. The Morgan fingerprint density at radius 2 is 1.03 bits per heavy atom. The molecule has 0 spiro atoms. The van der Waals surface area contributed by atoms with Crippen LogP contribution in [-0.4, -0.2) is 46.1 Å². The van der Waals surface area contributed by atoms with Crippen LogP contribution < -0.4 is 22.0 Å². The molecule has 6 N–H and O–H groups in total. The van der Waals surface area contributed by atoms with E-state index in [1.54, 1.807) is 36.4 Å². The van der Waals surface area contributed by atoms with Gasteiger partial charge in [-0.2, -0.15) is 0 Å². The van der Waals surface area contributed by atoms with Crippen molar-refractivity contribution in [1.29, 1.82) is 0 Å². The minimum atomic E-state index is -0.836. The van der Waals surface area contributed by atoms with Gasteiger partial charge in [0.15, 0.2) is 11.4 Å². The molecule has 0 aliphatic heterocycles. The number of carbonyl (C=O) groups excluding carboxylic acids is 2. The standard InChI is InChI=1S/C20H18N6O6/c1-31-17(27)15(21-9-3-5-11-13(7-9)25-19(29)23-11)16(18(28)32-2)22-10-4-6-12-14(8-10)26-20(30)24-12/h3-8,21-22H,1-2H3,(H2,23,25,29)(H2,24,26,30)/b16-15+. The van der Waals surface area contributed by atoms with E-state index in [-0.39, 0.29) is 22.8 Å². The number of H-pyrrole nitrogens is 4. The Kier molecular flexibility index (Phi) is 5.25. The summed E-state index contributed by atoms with van der Waals surface area (Å²) in [6.45, 7) is 0. The number of nitrogens with one attached hydrogen (secondary N) is 6. The number of methoxy groups -OCH3 is 2. The van der Waals surface area contributed by atoms with Crippen LogP contribution in [0.5, 0.6) is 0 Å². The van der Waals surface area contributed by atoms with E-state index in [0.29, 0.717) is 33.4 Å². The highest BCUT2D eigenvalue weighted by Gasteiger charge is 2.24. The molecule has 0 amide bonds. The highest BCUT2D eigenvalue weighted by molar-refractivity contribution is 6.04. The first-order chi connectivity index (χ1) is 15.4. The van der Waals surface area contributed by atoms with Crippen molar-refractivity contribution in [3.8, 4) is 0 Å². The summed E-state index contributed by atoms with van der Waals surface area (Å²) in [7, 11) is 2.34. The maximum atomic E-state index is 12.5. The van der Waals surface area contributed by atoms with Gasteiger partial charge < -0.3 is 40.0 Å². The molecule has 0 saturated carbocycles. The van der Waals surface area contributed by atoms with E-state index in [1.165, 1.54) is 14.2 Å². The molecular formula is C20H18N6O6. The molecule has 0 unspecified atom stereocenters. The van der Waals surface area contributed by atoms with Gasteiger partial charge in [0.2, 0.25) is 0 Å². The molecule has 12 heteroatoms. The maximum Gasteiger partial charge on any atom is 0.356 e. The number of ether oxygens (including phenoxy) is 2. The van der Waals surface area contributed by atoms with Crippen molar-refractivity contribution in [3.05, 3.63) is 68.8 Å². The number of benzene rings is 2. The van der Waals surface area contributed by atoms with Crippen molar-refractivity contribution >= 4 is 45.4 Å². The SMILES string of the molecule is COC(=O)/C(Nc1ccc2[nH]c(=O)[nH]c2c1)=C(\Nc1ccc2[nH]c(=O)[nH]c2c1)C(=O)OC. The Morgan fingerprint density at radius 1 is 0.656 bits per heavy atom. The van der Waals surface area contributed by atoms with Crippen LogP contribution in [0.15, 0.2) is 57.4 Å². The lowest BCUT2D eigenvalue weighted by Gasteiger charge is -2.16. The zero-order valence-corrected chi connectivity index (χ0v) is 16.9. The van der Waals surface area contributed by atoms with Gasteiger partial charge in [0, 0.05) is 11.4 Å². The van der Waals surface area contributed by atoms with Crippen LogP contribution in [0.2, 0.25) is 0 Å². The topological polar surface area (TPSA) is 174 Å². The number of hydrogen-bond acceptors (Lipinski definition) is 8. The Bertz CT molecular complexity index is 1380. The lowest BCUT2D eigenvalue weighted by molar-refractivity contribution is -0.139. The number of esters is 2. The van der Waals surface area contributed by atoms with Crippen LogP contribution in [0.25, 0.3) is 22.1 Å². The number of fused-ring (bicyclic) bond motifs is 2. The zero-order chi connectivity index (χ0) is 22.8. The van der Waals surface area contributed by atoms with Crippen molar-refractivity contribution in [2.45, 2.75) is 0 Å². The maximum absolute atomic E-state index is 12.5. The third-order valence-electron chi connectivity index (χ3n) is 4.60. The molecule has 0 saturated heterocycles. The smallest absolute Gasteiger partial charge is 0.356 e. The van der Waals surface area contributed by atoms with Crippen LogP contribution >= 0.6 is 0 Å². The van der Waals surface area contributed by atoms with Gasteiger partial charge in [0.1, 0.15) is 0 Å². The summed E-state index contributed by atoms with van der Waals surface area (Å²) in [6, 6.07) is 9.65. The Hall–Kier alpha value is -4.74. The Balaban J connectivity index is 1.78. The zero-order valence-electron chi connectivity index (χ0n) is 16.9. The van der Waals surface area contributed by atoms with E-state index in [0.717, 1.165) is 0 Å². The van der Waals surface area contributed by atoms with Crippen molar-refractivity contribution in [1.82, 2.24) is 19.9 Å². The molecule has 4 aromatic rings. The molecule has 0 aliphatic carbocycles. The fourth-order valence-electron chi connectivity index (χ4n) is 3.14. The first-order valence-corrected chi connectivity index (χ1v) is 9.27. The summed E-state index contributed by atoms with van der Waals surface area (Å²) < 4.78 is 9.68. The highest BCUT2D eigenvalue weighted by Crippen LogP contribution is 2.22. The van der Waals surface area contributed by atoms with Crippen LogP contribution in [0, 0.1) is 0 Å². The fraction of sp³-hybridized carbons (Fsp3) is 0.100. The quantitative estimate of drug-likeness (QED) is 0.192. The third-order valence-corrected chi connectivity index (χ3v) is 4.60. The molecule has 0 radical (unpaired) electrons. The Labute approximate surface area is 178 Å². The number of anilines is 2. The van der Waals surface area contributed by atoms with Crippen molar-refractivity contribution in [2.24, 2.45) is 0 Å². The number of rotatable bonds is 6. The minimum absolute atomic E-state index is 0.223. The average molecular weight is 438 g/mol. The molecule has 0 aliphatic rings. The molecular weight excluding hydrogens is 420 g/mol. The van der Waals surface area contributed by atoms with E-state index in [1.807, 2.05) is 0 Å². The van der Waals surface area contributed by atoms with Gasteiger partial charge in [-0.15, -0.1) is 0 Å². The van der Waals surface area contributed by atoms with Gasteiger partial charge in [0.05, 0.1) is 36.3 Å². The fourth-order valence-corrected chi connectivity index (χ4v) is 3.14.